The maximum atomic E-state index is 6.21. The number of nitrogens with zero attached hydrogens (tertiary/aromatic N) is 3. The van der Waals surface area contributed by atoms with Crippen LogP contribution in [0.15, 0.2) is 6.20 Å². The van der Waals surface area contributed by atoms with E-state index in [2.05, 4.69) is 34.0 Å². The summed E-state index contributed by atoms with van der Waals surface area (Å²) in [7, 11) is 1.81. The van der Waals surface area contributed by atoms with Crippen molar-refractivity contribution in [2.45, 2.75) is 39.5 Å². The standard InChI is InChI=1S/C13H23ClN4/c1-4-6-8-18(9-7-5-2)12-11(14)10-16-13(15-3)17-12/h10H,4-9H2,1-3H3,(H,15,16,17). The monoisotopic (exact) mass is 270 g/mol. The van der Waals surface area contributed by atoms with E-state index in [-0.39, 0.29) is 0 Å². The van der Waals surface area contributed by atoms with Crippen molar-refractivity contribution in [2.75, 3.05) is 30.4 Å². The van der Waals surface area contributed by atoms with Gasteiger partial charge in [-0.2, -0.15) is 4.98 Å². The summed E-state index contributed by atoms with van der Waals surface area (Å²) in [6, 6.07) is 0. The van der Waals surface area contributed by atoms with E-state index in [0.29, 0.717) is 11.0 Å². The van der Waals surface area contributed by atoms with Crippen molar-refractivity contribution in [1.82, 2.24) is 9.97 Å². The molecule has 0 bridgehead atoms. The van der Waals surface area contributed by atoms with Gasteiger partial charge in [0.15, 0.2) is 5.82 Å². The van der Waals surface area contributed by atoms with Gasteiger partial charge in [-0.05, 0) is 12.8 Å². The molecule has 0 atom stereocenters. The molecule has 1 N–H and O–H groups in total. The molecule has 0 amide bonds. The molecule has 18 heavy (non-hydrogen) atoms. The number of hydrogen-bond donors (Lipinski definition) is 1. The Morgan fingerprint density at radius 2 is 1.83 bits per heavy atom. The Morgan fingerprint density at radius 3 is 2.33 bits per heavy atom. The second kappa shape index (κ2) is 8.14. The molecule has 1 aromatic heterocycles. The zero-order chi connectivity index (χ0) is 13.4. The molecule has 1 aromatic rings. The lowest BCUT2D eigenvalue weighted by Crippen LogP contribution is -2.27. The number of halogens is 1. The van der Waals surface area contributed by atoms with Gasteiger partial charge in [0, 0.05) is 20.1 Å². The van der Waals surface area contributed by atoms with Crippen LogP contribution in [0.2, 0.25) is 5.02 Å². The van der Waals surface area contributed by atoms with E-state index in [1.165, 1.54) is 12.8 Å². The van der Waals surface area contributed by atoms with Crippen LogP contribution >= 0.6 is 11.6 Å². The van der Waals surface area contributed by atoms with Crippen LogP contribution in [-0.4, -0.2) is 30.1 Å². The quantitative estimate of drug-likeness (QED) is 0.784. The molecular formula is C13H23ClN4. The van der Waals surface area contributed by atoms with E-state index in [1.54, 1.807) is 6.20 Å². The third-order valence-electron chi connectivity index (χ3n) is 2.81. The summed E-state index contributed by atoms with van der Waals surface area (Å²) in [6.07, 6.45) is 6.31. The van der Waals surface area contributed by atoms with E-state index in [1.807, 2.05) is 7.05 Å². The summed E-state index contributed by atoms with van der Waals surface area (Å²) >= 11 is 6.21. The van der Waals surface area contributed by atoms with Gasteiger partial charge in [-0.15, -0.1) is 0 Å². The Bertz CT molecular complexity index is 349. The van der Waals surface area contributed by atoms with Crippen LogP contribution in [0, 0.1) is 0 Å². The molecule has 5 heteroatoms. The Morgan fingerprint density at radius 1 is 1.22 bits per heavy atom. The first-order chi connectivity index (χ1) is 8.72. The molecule has 102 valence electrons. The molecular weight excluding hydrogens is 248 g/mol. The van der Waals surface area contributed by atoms with E-state index in [4.69, 9.17) is 11.6 Å². The first kappa shape index (κ1) is 15.0. The van der Waals surface area contributed by atoms with Crippen molar-refractivity contribution in [1.29, 1.82) is 0 Å². The number of anilines is 2. The summed E-state index contributed by atoms with van der Waals surface area (Å²) in [4.78, 5) is 10.8. The Hall–Kier alpha value is -1.03. The highest BCUT2D eigenvalue weighted by molar-refractivity contribution is 6.32. The van der Waals surface area contributed by atoms with Crippen molar-refractivity contribution in [3.05, 3.63) is 11.2 Å². The molecule has 4 nitrogen and oxygen atoms in total. The SMILES string of the molecule is CCCCN(CCCC)c1nc(NC)ncc1Cl. The molecule has 0 unspecified atom stereocenters. The van der Waals surface area contributed by atoms with Crippen molar-refractivity contribution in [3.8, 4) is 0 Å². The highest BCUT2D eigenvalue weighted by Gasteiger charge is 2.12. The normalized spacial score (nSPS) is 10.4. The largest absolute Gasteiger partial charge is 0.357 e. The zero-order valence-corrected chi connectivity index (χ0v) is 12.3. The Labute approximate surface area is 115 Å². The van der Waals surface area contributed by atoms with E-state index in [0.717, 1.165) is 31.7 Å². The van der Waals surface area contributed by atoms with Gasteiger partial charge in [-0.1, -0.05) is 38.3 Å². The van der Waals surface area contributed by atoms with Crippen LogP contribution in [0.4, 0.5) is 11.8 Å². The third kappa shape index (κ3) is 4.33. The lowest BCUT2D eigenvalue weighted by Gasteiger charge is -2.24. The molecule has 0 spiro atoms. The predicted molar refractivity (Wildman–Crippen MR) is 78.6 cm³/mol. The molecule has 0 aromatic carbocycles. The summed E-state index contributed by atoms with van der Waals surface area (Å²) in [5.74, 6) is 1.46. The molecule has 0 saturated heterocycles. The van der Waals surface area contributed by atoms with Crippen LogP contribution in [0.25, 0.3) is 0 Å². The number of hydrogen-bond acceptors (Lipinski definition) is 4. The van der Waals surface area contributed by atoms with Crippen LogP contribution in [0.3, 0.4) is 0 Å². The lowest BCUT2D eigenvalue weighted by molar-refractivity contribution is 0.671. The fraction of sp³-hybridized carbons (Fsp3) is 0.692. The minimum atomic E-state index is 0.618. The van der Waals surface area contributed by atoms with Gasteiger partial charge in [0.05, 0.1) is 6.20 Å². The van der Waals surface area contributed by atoms with Gasteiger partial charge in [-0.25, -0.2) is 4.98 Å². The summed E-state index contributed by atoms with van der Waals surface area (Å²) in [5, 5.41) is 3.58. The molecule has 0 aliphatic heterocycles. The fourth-order valence-electron chi connectivity index (χ4n) is 1.72. The van der Waals surface area contributed by atoms with Gasteiger partial charge >= 0.3 is 0 Å². The zero-order valence-electron chi connectivity index (χ0n) is 11.5. The maximum absolute atomic E-state index is 6.21. The minimum absolute atomic E-state index is 0.618. The van der Waals surface area contributed by atoms with Gasteiger partial charge in [0.1, 0.15) is 5.02 Å². The fourth-order valence-corrected chi connectivity index (χ4v) is 1.93. The second-order valence-corrected chi connectivity index (χ2v) is 4.72. The maximum Gasteiger partial charge on any atom is 0.224 e. The smallest absolute Gasteiger partial charge is 0.224 e. The molecule has 0 fully saturated rings. The first-order valence-electron chi connectivity index (χ1n) is 6.68. The molecule has 0 radical (unpaired) electrons. The summed E-state index contributed by atoms with van der Waals surface area (Å²) < 4.78 is 0. The number of unbranched alkanes of at least 4 members (excludes halogenated alkanes) is 2. The van der Waals surface area contributed by atoms with E-state index < -0.39 is 0 Å². The lowest BCUT2D eigenvalue weighted by atomic mass is 10.2. The van der Waals surface area contributed by atoms with E-state index >= 15 is 0 Å². The van der Waals surface area contributed by atoms with Crippen LogP contribution < -0.4 is 10.2 Å². The highest BCUT2D eigenvalue weighted by Crippen LogP contribution is 2.24. The van der Waals surface area contributed by atoms with Crippen molar-refractivity contribution in [2.24, 2.45) is 0 Å². The molecule has 1 heterocycles. The molecule has 1 rings (SSSR count). The number of nitrogens with one attached hydrogen (secondary N) is 1. The van der Waals surface area contributed by atoms with Crippen LogP contribution in [0.5, 0.6) is 0 Å². The first-order valence-corrected chi connectivity index (χ1v) is 7.05. The van der Waals surface area contributed by atoms with Crippen molar-refractivity contribution >= 4 is 23.4 Å². The molecule has 0 aliphatic carbocycles. The van der Waals surface area contributed by atoms with Gasteiger partial charge in [0.25, 0.3) is 0 Å². The predicted octanol–water partition coefficient (Wildman–Crippen LogP) is 3.58. The summed E-state index contributed by atoms with van der Waals surface area (Å²) in [5.41, 5.74) is 0. The van der Waals surface area contributed by atoms with E-state index in [9.17, 15) is 0 Å². The average molecular weight is 271 g/mol. The van der Waals surface area contributed by atoms with Gasteiger partial charge in [-0.3, -0.25) is 0 Å². The van der Waals surface area contributed by atoms with Crippen molar-refractivity contribution < 1.29 is 0 Å². The topological polar surface area (TPSA) is 41.1 Å². The number of aromatic nitrogens is 2. The summed E-state index contributed by atoms with van der Waals surface area (Å²) in [6.45, 7) is 6.38. The van der Waals surface area contributed by atoms with Crippen LogP contribution in [-0.2, 0) is 0 Å². The second-order valence-electron chi connectivity index (χ2n) is 4.31. The third-order valence-corrected chi connectivity index (χ3v) is 3.08. The minimum Gasteiger partial charge on any atom is -0.357 e. The molecule has 0 saturated carbocycles. The molecule has 0 aliphatic rings. The van der Waals surface area contributed by atoms with Gasteiger partial charge in [0.2, 0.25) is 5.95 Å². The van der Waals surface area contributed by atoms with Gasteiger partial charge < -0.3 is 10.2 Å². The van der Waals surface area contributed by atoms with Crippen molar-refractivity contribution in [3.63, 3.8) is 0 Å². The Balaban J connectivity index is 2.87. The average Bonchev–Trinajstić information content (AvgIpc) is 2.40. The highest BCUT2D eigenvalue weighted by atomic mass is 35.5. The Kier molecular flexibility index (Phi) is 6.80. The van der Waals surface area contributed by atoms with Crippen LogP contribution in [0.1, 0.15) is 39.5 Å². The number of rotatable bonds is 8.